The molecule has 2 aromatic rings. The molecule has 4 N–H and O–H groups in total. The molecule has 1 fully saturated rings. The predicted molar refractivity (Wildman–Crippen MR) is 144 cm³/mol. The monoisotopic (exact) mass is 577 g/mol. The van der Waals surface area contributed by atoms with Crippen LogP contribution in [0.1, 0.15) is 43.4 Å². The number of carboxylic acids is 1. The molecule has 10 nitrogen and oxygen atoms in total. The number of carbonyl (C=O) groups excluding carboxylic acids is 1. The van der Waals surface area contributed by atoms with Crippen LogP contribution in [0.3, 0.4) is 0 Å². The van der Waals surface area contributed by atoms with Crippen molar-refractivity contribution >= 4 is 18.0 Å². The number of nitrogens with zero attached hydrogens (tertiary/aromatic N) is 3. The number of carboxylic acid groups (broad SMARTS) is 1. The highest BCUT2D eigenvalue weighted by atomic mass is 19.4. The Bertz CT molecular complexity index is 1240. The molecule has 1 atom stereocenters. The third kappa shape index (κ3) is 7.81. The summed E-state index contributed by atoms with van der Waals surface area (Å²) in [5.74, 6) is -0.117. The second-order valence-corrected chi connectivity index (χ2v) is 10.7. The topological polar surface area (TPSA) is 130 Å². The highest BCUT2D eigenvalue weighted by molar-refractivity contribution is 5.80. The summed E-state index contributed by atoms with van der Waals surface area (Å²) in [6, 6.07) is 11.6. The summed E-state index contributed by atoms with van der Waals surface area (Å²) < 4.78 is 44.7. The van der Waals surface area contributed by atoms with Crippen molar-refractivity contribution in [3.63, 3.8) is 0 Å². The Morgan fingerprint density at radius 1 is 1.10 bits per heavy atom. The normalized spacial score (nSPS) is 18.0. The summed E-state index contributed by atoms with van der Waals surface area (Å²) in [6.07, 6.45) is -2.97. The van der Waals surface area contributed by atoms with Crippen LogP contribution in [0.2, 0.25) is 0 Å². The molecule has 0 bridgehead atoms. The summed E-state index contributed by atoms with van der Waals surface area (Å²) in [5, 5.41) is 9.28. The molecule has 2 heterocycles. The standard InChI is InChI=1S/C28H34F3N5O5/c1-27(2,24(37)38)40-22-9-5-18(6-10-22)11-14-36(17-19-3-7-21(8-4-19)28(29,30)31)26-33-23(41-34-26)20-12-15-35(16-13-20)25(32)39/h3-10,20,23H,11-17H2,1-2H3,(H2,32,39)(H,33,34)(H,37,38). The quantitative estimate of drug-likeness (QED) is 0.411. The maximum Gasteiger partial charge on any atom is 0.416 e. The lowest BCUT2D eigenvalue weighted by atomic mass is 9.95. The second kappa shape index (κ2) is 12.2. The molecule has 0 radical (unpaired) electrons. The number of halogens is 3. The van der Waals surface area contributed by atoms with E-state index in [0.717, 1.165) is 17.7 Å². The van der Waals surface area contributed by atoms with E-state index in [0.29, 0.717) is 56.2 Å². The number of likely N-dealkylation sites (tertiary alicyclic amines) is 1. The van der Waals surface area contributed by atoms with Crippen molar-refractivity contribution in [1.82, 2.24) is 15.3 Å². The number of benzene rings is 2. The zero-order valence-electron chi connectivity index (χ0n) is 22.9. The summed E-state index contributed by atoms with van der Waals surface area (Å²) in [4.78, 5) is 36.8. The van der Waals surface area contributed by atoms with Gasteiger partial charge in [0, 0.05) is 32.1 Å². The summed E-state index contributed by atoms with van der Waals surface area (Å²) >= 11 is 0. The van der Waals surface area contributed by atoms with Gasteiger partial charge in [-0.2, -0.15) is 13.2 Å². The summed E-state index contributed by atoms with van der Waals surface area (Å²) in [7, 11) is 0. The van der Waals surface area contributed by atoms with Crippen LogP contribution >= 0.6 is 0 Å². The van der Waals surface area contributed by atoms with E-state index in [4.69, 9.17) is 20.3 Å². The first-order chi connectivity index (χ1) is 19.3. The Kier molecular flexibility index (Phi) is 8.95. The van der Waals surface area contributed by atoms with E-state index >= 15 is 0 Å². The first-order valence-corrected chi connectivity index (χ1v) is 13.3. The minimum Gasteiger partial charge on any atom is -0.478 e. The van der Waals surface area contributed by atoms with E-state index < -0.39 is 35.6 Å². The molecule has 2 aromatic carbocycles. The van der Waals surface area contributed by atoms with Crippen molar-refractivity contribution < 1.29 is 37.4 Å². The Balaban J connectivity index is 1.46. The third-order valence-corrected chi connectivity index (χ3v) is 7.21. The number of guanidine groups is 1. The van der Waals surface area contributed by atoms with Crippen molar-refractivity contribution in [2.45, 2.75) is 57.7 Å². The zero-order valence-corrected chi connectivity index (χ0v) is 22.9. The van der Waals surface area contributed by atoms with Gasteiger partial charge in [0.15, 0.2) is 11.8 Å². The van der Waals surface area contributed by atoms with Crippen LogP contribution < -0.4 is 16.0 Å². The number of amides is 2. The highest BCUT2D eigenvalue weighted by Gasteiger charge is 2.34. The zero-order chi connectivity index (χ0) is 29.8. The van der Waals surface area contributed by atoms with Gasteiger partial charge in [-0.3, -0.25) is 0 Å². The van der Waals surface area contributed by atoms with Gasteiger partial charge in [0.2, 0.25) is 5.96 Å². The van der Waals surface area contributed by atoms with Gasteiger partial charge in [-0.1, -0.05) is 24.3 Å². The number of aliphatic imine (C=N–C) groups is 1. The van der Waals surface area contributed by atoms with Gasteiger partial charge >= 0.3 is 18.2 Å². The maximum absolute atomic E-state index is 13.1. The molecule has 2 aliphatic heterocycles. The van der Waals surface area contributed by atoms with E-state index in [9.17, 15) is 27.9 Å². The lowest BCUT2D eigenvalue weighted by molar-refractivity contribution is -0.152. The van der Waals surface area contributed by atoms with E-state index in [1.165, 1.54) is 26.0 Å². The van der Waals surface area contributed by atoms with Crippen LogP contribution in [-0.2, 0) is 28.8 Å². The Morgan fingerprint density at radius 2 is 1.71 bits per heavy atom. The molecule has 2 amide bonds. The molecular formula is C28H34F3N5O5. The van der Waals surface area contributed by atoms with Gasteiger partial charge < -0.3 is 25.4 Å². The molecule has 13 heteroatoms. The number of alkyl halides is 3. The van der Waals surface area contributed by atoms with Crippen LogP contribution in [0.4, 0.5) is 18.0 Å². The molecule has 0 aliphatic carbocycles. The Labute approximate surface area is 235 Å². The number of hydrogen-bond acceptors (Lipinski definition) is 7. The van der Waals surface area contributed by atoms with E-state index in [2.05, 4.69) is 5.48 Å². The van der Waals surface area contributed by atoms with Crippen molar-refractivity contribution in [3.05, 3.63) is 65.2 Å². The molecule has 1 unspecified atom stereocenters. The van der Waals surface area contributed by atoms with Gasteiger partial charge in [0.05, 0.1) is 5.56 Å². The molecule has 2 aliphatic rings. The molecule has 4 rings (SSSR count). The number of hydroxylamine groups is 1. The van der Waals surface area contributed by atoms with Crippen LogP contribution in [-0.4, -0.2) is 64.3 Å². The SMILES string of the molecule is CC(C)(Oc1ccc(CCN(Cc2ccc(C(F)(F)F)cc2)C2=NC(C3CCN(C(N)=O)CC3)ON2)cc1)C(=O)O. The number of piperidine rings is 1. The highest BCUT2D eigenvalue weighted by Crippen LogP contribution is 2.30. The molecule has 0 aromatic heterocycles. The smallest absolute Gasteiger partial charge is 0.416 e. The molecule has 1 saturated heterocycles. The Morgan fingerprint density at radius 3 is 2.27 bits per heavy atom. The molecule has 222 valence electrons. The molecule has 0 spiro atoms. The minimum absolute atomic E-state index is 0.0751. The lowest BCUT2D eigenvalue weighted by Gasteiger charge is -2.31. The number of carbonyl (C=O) groups is 2. The number of nitrogens with two attached hydrogens (primary N) is 1. The fourth-order valence-electron chi connectivity index (χ4n) is 4.65. The van der Waals surface area contributed by atoms with E-state index in [1.54, 1.807) is 17.0 Å². The number of nitrogens with one attached hydrogen (secondary N) is 1. The number of primary amides is 1. The fraction of sp³-hybridized carbons (Fsp3) is 0.464. The number of urea groups is 1. The minimum atomic E-state index is -4.42. The number of ether oxygens (including phenoxy) is 1. The van der Waals surface area contributed by atoms with Gasteiger partial charge in [-0.25, -0.2) is 24.9 Å². The van der Waals surface area contributed by atoms with Crippen molar-refractivity contribution in [3.8, 4) is 5.75 Å². The van der Waals surface area contributed by atoms with Gasteiger partial charge in [-0.05, 0) is 68.5 Å². The van der Waals surface area contributed by atoms with E-state index in [1.807, 2.05) is 17.0 Å². The van der Waals surface area contributed by atoms with Crippen molar-refractivity contribution in [2.75, 3.05) is 19.6 Å². The van der Waals surface area contributed by atoms with E-state index in [-0.39, 0.29) is 12.5 Å². The number of hydrogen-bond donors (Lipinski definition) is 3. The van der Waals surface area contributed by atoms with Gasteiger partial charge in [-0.15, -0.1) is 0 Å². The van der Waals surface area contributed by atoms with Crippen LogP contribution in [0.15, 0.2) is 53.5 Å². The van der Waals surface area contributed by atoms with Crippen molar-refractivity contribution in [1.29, 1.82) is 0 Å². The third-order valence-electron chi connectivity index (χ3n) is 7.21. The summed E-state index contributed by atoms with van der Waals surface area (Å²) in [5.41, 5.74) is 7.78. The summed E-state index contributed by atoms with van der Waals surface area (Å²) in [6.45, 7) is 4.72. The maximum atomic E-state index is 13.1. The first-order valence-electron chi connectivity index (χ1n) is 13.3. The largest absolute Gasteiger partial charge is 0.478 e. The molecular weight excluding hydrogens is 543 g/mol. The first kappa shape index (κ1) is 30.0. The lowest BCUT2D eigenvalue weighted by Crippen LogP contribution is -2.43. The molecule has 41 heavy (non-hydrogen) atoms. The number of aliphatic carboxylic acids is 1. The average molecular weight is 578 g/mol. The fourth-order valence-corrected chi connectivity index (χ4v) is 4.65. The van der Waals surface area contributed by atoms with Crippen LogP contribution in [0.25, 0.3) is 0 Å². The number of rotatable bonds is 9. The Hall–Kier alpha value is -4.00. The second-order valence-electron chi connectivity index (χ2n) is 10.7. The molecule has 0 saturated carbocycles. The van der Waals surface area contributed by atoms with Crippen LogP contribution in [0.5, 0.6) is 5.75 Å². The van der Waals surface area contributed by atoms with Crippen LogP contribution in [0, 0.1) is 5.92 Å². The van der Waals surface area contributed by atoms with Gasteiger partial charge in [0.1, 0.15) is 5.75 Å². The predicted octanol–water partition coefficient (Wildman–Crippen LogP) is 4.00. The average Bonchev–Trinajstić information content (AvgIpc) is 3.42. The van der Waals surface area contributed by atoms with Gasteiger partial charge in [0.25, 0.3) is 0 Å². The van der Waals surface area contributed by atoms with Crippen molar-refractivity contribution in [2.24, 2.45) is 16.6 Å².